The third-order valence-electron chi connectivity index (χ3n) is 2.92. The lowest BCUT2D eigenvalue weighted by Crippen LogP contribution is -2.07. The minimum absolute atomic E-state index is 0.472. The number of hydrogen-bond acceptors (Lipinski definition) is 2. The quantitative estimate of drug-likeness (QED) is 0.428. The molecule has 1 aromatic heterocycles. The Morgan fingerprint density at radius 2 is 1.71 bits per heavy atom. The summed E-state index contributed by atoms with van der Waals surface area (Å²) in [5, 5.41) is 1.72. The van der Waals surface area contributed by atoms with E-state index in [4.69, 9.17) is 34.8 Å². The summed E-state index contributed by atoms with van der Waals surface area (Å²) in [6.07, 6.45) is 1.34. The lowest BCUT2D eigenvalue weighted by molar-refractivity contribution is 0.628. The maximum absolute atomic E-state index is 6.22. The van der Waals surface area contributed by atoms with Crippen LogP contribution in [0.3, 0.4) is 0 Å². The molecule has 1 aromatic carbocycles. The van der Waals surface area contributed by atoms with Gasteiger partial charge in [0.25, 0.3) is 0 Å². The number of halogens is 4. The molecule has 6 heteroatoms. The predicted molar refractivity (Wildman–Crippen MR) is 97.6 cm³/mol. The SMILES string of the molecule is CC(C)Cc1nc(Cc2c(Cl)cccc2Cl)nc(Cl)c1I. The van der Waals surface area contributed by atoms with E-state index in [9.17, 15) is 0 Å². The summed E-state index contributed by atoms with van der Waals surface area (Å²) in [5.41, 5.74) is 1.80. The van der Waals surface area contributed by atoms with Gasteiger partial charge in [0.2, 0.25) is 0 Å². The molecule has 21 heavy (non-hydrogen) atoms. The van der Waals surface area contributed by atoms with Crippen LogP contribution in [0.4, 0.5) is 0 Å². The van der Waals surface area contributed by atoms with Crippen LogP contribution < -0.4 is 0 Å². The molecule has 0 aliphatic carbocycles. The van der Waals surface area contributed by atoms with Crippen molar-refractivity contribution in [2.24, 2.45) is 5.92 Å². The van der Waals surface area contributed by atoms with Gasteiger partial charge in [-0.05, 0) is 52.6 Å². The smallest absolute Gasteiger partial charge is 0.146 e. The van der Waals surface area contributed by atoms with Crippen LogP contribution in [0.1, 0.15) is 30.9 Å². The van der Waals surface area contributed by atoms with Gasteiger partial charge in [0.1, 0.15) is 11.0 Å². The van der Waals surface area contributed by atoms with E-state index in [1.54, 1.807) is 0 Å². The van der Waals surface area contributed by atoms with Crippen molar-refractivity contribution < 1.29 is 0 Å². The molecular formula is C15H14Cl3IN2. The molecule has 0 spiro atoms. The second-order valence-electron chi connectivity index (χ2n) is 5.17. The predicted octanol–water partition coefficient (Wildman–Crippen LogP) is 5.83. The first kappa shape index (κ1) is 17.3. The first-order valence-electron chi connectivity index (χ1n) is 6.52. The van der Waals surface area contributed by atoms with E-state index in [1.165, 1.54) is 0 Å². The molecule has 0 N–H and O–H groups in total. The summed E-state index contributed by atoms with van der Waals surface area (Å²) in [6.45, 7) is 4.30. The van der Waals surface area contributed by atoms with Crippen LogP contribution in [0.2, 0.25) is 15.2 Å². The highest BCUT2D eigenvalue weighted by Gasteiger charge is 2.14. The van der Waals surface area contributed by atoms with E-state index in [1.807, 2.05) is 18.2 Å². The molecule has 0 saturated heterocycles. The van der Waals surface area contributed by atoms with Crippen molar-refractivity contribution in [2.75, 3.05) is 0 Å². The molecule has 0 unspecified atom stereocenters. The van der Waals surface area contributed by atoms with Gasteiger partial charge in [-0.1, -0.05) is 54.7 Å². The number of nitrogens with zero attached hydrogens (tertiary/aromatic N) is 2. The summed E-state index contributed by atoms with van der Waals surface area (Å²) in [7, 11) is 0. The number of benzene rings is 1. The van der Waals surface area contributed by atoms with Gasteiger partial charge < -0.3 is 0 Å². The molecule has 2 rings (SSSR count). The zero-order valence-electron chi connectivity index (χ0n) is 11.6. The number of rotatable bonds is 4. The lowest BCUT2D eigenvalue weighted by atomic mass is 10.1. The molecule has 0 aliphatic heterocycles. The highest BCUT2D eigenvalue weighted by Crippen LogP contribution is 2.28. The van der Waals surface area contributed by atoms with E-state index in [2.05, 4.69) is 46.4 Å². The molecule has 0 radical (unpaired) electrons. The Hall–Kier alpha value is -0.100. The van der Waals surface area contributed by atoms with Crippen molar-refractivity contribution in [2.45, 2.75) is 26.7 Å². The molecule has 2 nitrogen and oxygen atoms in total. The average Bonchev–Trinajstić information content (AvgIpc) is 2.39. The molecule has 1 heterocycles. The molecule has 0 saturated carbocycles. The second-order valence-corrected chi connectivity index (χ2v) is 7.42. The molecular weight excluding hydrogens is 441 g/mol. The monoisotopic (exact) mass is 454 g/mol. The topological polar surface area (TPSA) is 25.8 Å². The summed E-state index contributed by atoms with van der Waals surface area (Å²) in [5.74, 6) is 1.15. The van der Waals surface area contributed by atoms with Gasteiger partial charge in [-0.25, -0.2) is 9.97 Å². The molecule has 0 fully saturated rings. The Morgan fingerprint density at radius 1 is 1.10 bits per heavy atom. The summed E-state index contributed by atoms with van der Waals surface area (Å²) in [6, 6.07) is 5.44. The maximum Gasteiger partial charge on any atom is 0.146 e. The van der Waals surface area contributed by atoms with Crippen LogP contribution in [-0.2, 0) is 12.8 Å². The molecule has 0 atom stereocenters. The van der Waals surface area contributed by atoms with Gasteiger partial charge >= 0.3 is 0 Å². The minimum atomic E-state index is 0.472. The van der Waals surface area contributed by atoms with Gasteiger partial charge in [-0.3, -0.25) is 0 Å². The fourth-order valence-electron chi connectivity index (χ4n) is 1.97. The van der Waals surface area contributed by atoms with Crippen LogP contribution in [0.5, 0.6) is 0 Å². The van der Waals surface area contributed by atoms with Crippen LogP contribution in [0.15, 0.2) is 18.2 Å². The minimum Gasteiger partial charge on any atom is -0.236 e. The van der Waals surface area contributed by atoms with Crippen LogP contribution in [0, 0.1) is 9.49 Å². The van der Waals surface area contributed by atoms with E-state index < -0.39 is 0 Å². The van der Waals surface area contributed by atoms with Crippen molar-refractivity contribution in [3.05, 3.63) is 54.0 Å². The van der Waals surface area contributed by atoms with Crippen LogP contribution in [-0.4, -0.2) is 9.97 Å². The summed E-state index contributed by atoms with van der Waals surface area (Å²) >= 11 is 20.8. The Balaban J connectivity index is 2.39. The van der Waals surface area contributed by atoms with Crippen molar-refractivity contribution in [3.8, 4) is 0 Å². The summed E-state index contributed by atoms with van der Waals surface area (Å²) < 4.78 is 0.914. The average molecular weight is 456 g/mol. The van der Waals surface area contributed by atoms with E-state index in [0.717, 1.165) is 21.2 Å². The molecule has 0 amide bonds. The highest BCUT2D eigenvalue weighted by molar-refractivity contribution is 14.1. The third kappa shape index (κ3) is 4.44. The second kappa shape index (κ2) is 7.44. The Morgan fingerprint density at radius 3 is 2.29 bits per heavy atom. The van der Waals surface area contributed by atoms with Gasteiger partial charge in [0.05, 0.1) is 9.26 Å². The number of aromatic nitrogens is 2. The zero-order chi connectivity index (χ0) is 15.6. The third-order valence-corrected chi connectivity index (χ3v) is 5.36. The fourth-order valence-corrected chi connectivity index (χ4v) is 3.17. The van der Waals surface area contributed by atoms with E-state index >= 15 is 0 Å². The van der Waals surface area contributed by atoms with Crippen LogP contribution in [0.25, 0.3) is 0 Å². The Kier molecular flexibility index (Phi) is 6.12. The molecule has 2 aromatic rings. The first-order chi connectivity index (χ1) is 9.88. The molecule has 112 valence electrons. The Labute approximate surface area is 153 Å². The fraction of sp³-hybridized carbons (Fsp3) is 0.333. The lowest BCUT2D eigenvalue weighted by Gasteiger charge is -2.11. The highest BCUT2D eigenvalue weighted by atomic mass is 127. The number of hydrogen-bond donors (Lipinski definition) is 0. The molecule has 0 bridgehead atoms. The molecule has 0 aliphatic rings. The van der Waals surface area contributed by atoms with Gasteiger partial charge in [0, 0.05) is 16.5 Å². The Bertz CT molecular complexity index is 639. The normalized spacial score (nSPS) is 11.2. The van der Waals surface area contributed by atoms with Crippen molar-refractivity contribution in [1.29, 1.82) is 0 Å². The largest absolute Gasteiger partial charge is 0.236 e. The van der Waals surface area contributed by atoms with Gasteiger partial charge in [0.15, 0.2) is 0 Å². The van der Waals surface area contributed by atoms with Crippen molar-refractivity contribution >= 4 is 57.4 Å². The van der Waals surface area contributed by atoms with Crippen molar-refractivity contribution in [3.63, 3.8) is 0 Å². The maximum atomic E-state index is 6.22. The summed E-state index contributed by atoms with van der Waals surface area (Å²) in [4.78, 5) is 8.98. The standard InChI is InChI=1S/C15H14Cl3IN2/c1-8(2)6-12-14(19)15(18)21-13(20-12)7-9-10(16)4-3-5-11(9)17/h3-5,8H,6-7H2,1-2H3. The van der Waals surface area contributed by atoms with Crippen molar-refractivity contribution in [1.82, 2.24) is 9.97 Å². The zero-order valence-corrected chi connectivity index (χ0v) is 16.1. The van der Waals surface area contributed by atoms with E-state index in [0.29, 0.717) is 33.4 Å². The van der Waals surface area contributed by atoms with Crippen LogP contribution >= 0.6 is 57.4 Å². The first-order valence-corrected chi connectivity index (χ1v) is 8.73. The van der Waals surface area contributed by atoms with E-state index in [-0.39, 0.29) is 0 Å². The van der Waals surface area contributed by atoms with Gasteiger partial charge in [-0.2, -0.15) is 0 Å². The van der Waals surface area contributed by atoms with Gasteiger partial charge in [-0.15, -0.1) is 0 Å².